The van der Waals surface area contributed by atoms with Crippen LogP contribution in [0.5, 0.6) is 0 Å². The Bertz CT molecular complexity index is 1600. The zero-order chi connectivity index (χ0) is 37.4. The molecule has 0 radical (unpaired) electrons. The fourth-order valence-electron chi connectivity index (χ4n) is 8.93. The van der Waals surface area contributed by atoms with E-state index in [1.54, 1.807) is 0 Å². The Hall–Kier alpha value is -3.48. The molecule has 3 aliphatic carbocycles. The SMILES string of the molecule is CC1(C)[C@@H]2CC[C@@]1(C)[C@@H](NC(=O)[C@H](CC1CCCCC1)N([C@@H](CCCCNC(=O)OCc1ccccc1)C(=O)OCc1ccccc1)S(N)(=O)=O)C2. The van der Waals surface area contributed by atoms with Crippen LogP contribution in [0.2, 0.25) is 0 Å². The first-order valence-corrected chi connectivity index (χ1v) is 20.6. The molecule has 4 N–H and O–H groups in total. The van der Waals surface area contributed by atoms with Crippen molar-refractivity contribution in [1.82, 2.24) is 14.9 Å². The monoisotopic (exact) mass is 738 g/mol. The topological polar surface area (TPSA) is 157 Å². The highest BCUT2D eigenvalue weighted by Gasteiger charge is 2.62. The molecule has 2 aromatic rings. The fraction of sp³-hybridized carbons (Fsp3) is 0.625. The van der Waals surface area contributed by atoms with Crippen LogP contribution < -0.4 is 15.8 Å². The van der Waals surface area contributed by atoms with Crippen LogP contribution in [0.4, 0.5) is 4.79 Å². The highest BCUT2D eigenvalue weighted by atomic mass is 32.2. The van der Waals surface area contributed by atoms with Gasteiger partial charge in [0.25, 0.3) is 10.2 Å². The minimum atomic E-state index is -4.58. The molecule has 286 valence electrons. The van der Waals surface area contributed by atoms with Crippen molar-refractivity contribution in [2.75, 3.05) is 6.54 Å². The van der Waals surface area contributed by atoms with Crippen LogP contribution in [0, 0.1) is 22.7 Å². The highest BCUT2D eigenvalue weighted by molar-refractivity contribution is 7.86. The summed E-state index contributed by atoms with van der Waals surface area (Å²) in [7, 11) is -4.58. The summed E-state index contributed by atoms with van der Waals surface area (Å²) in [4.78, 5) is 40.9. The van der Waals surface area contributed by atoms with E-state index in [2.05, 4.69) is 31.4 Å². The lowest BCUT2D eigenvalue weighted by molar-refractivity contribution is -0.151. The third-order valence-electron chi connectivity index (χ3n) is 12.5. The number of nitrogens with one attached hydrogen (secondary N) is 2. The molecule has 3 saturated carbocycles. The number of hydrogen-bond acceptors (Lipinski definition) is 7. The van der Waals surface area contributed by atoms with Crippen LogP contribution in [0.15, 0.2) is 60.7 Å². The number of ether oxygens (including phenoxy) is 2. The van der Waals surface area contributed by atoms with E-state index in [9.17, 15) is 22.8 Å². The van der Waals surface area contributed by atoms with E-state index in [4.69, 9.17) is 14.6 Å². The Morgan fingerprint density at radius 2 is 1.48 bits per heavy atom. The predicted molar refractivity (Wildman–Crippen MR) is 200 cm³/mol. The lowest BCUT2D eigenvalue weighted by Gasteiger charge is -2.41. The molecule has 0 aliphatic heterocycles. The van der Waals surface area contributed by atoms with Crippen LogP contribution in [-0.4, -0.2) is 55.4 Å². The van der Waals surface area contributed by atoms with E-state index in [0.29, 0.717) is 18.8 Å². The number of benzene rings is 2. The first-order valence-electron chi connectivity index (χ1n) is 19.1. The highest BCUT2D eigenvalue weighted by Crippen LogP contribution is 2.65. The van der Waals surface area contributed by atoms with Crippen molar-refractivity contribution < 1.29 is 32.3 Å². The molecule has 0 aromatic heterocycles. The zero-order valence-electron chi connectivity index (χ0n) is 31.1. The summed E-state index contributed by atoms with van der Waals surface area (Å²) in [6.45, 7) is 7.09. The maximum atomic E-state index is 14.5. The van der Waals surface area contributed by atoms with E-state index >= 15 is 0 Å². The molecule has 5 rings (SSSR count). The molecule has 3 fully saturated rings. The van der Waals surface area contributed by atoms with Gasteiger partial charge >= 0.3 is 12.1 Å². The van der Waals surface area contributed by atoms with Gasteiger partial charge in [-0.05, 0) is 78.7 Å². The smallest absolute Gasteiger partial charge is 0.407 e. The van der Waals surface area contributed by atoms with Gasteiger partial charge in [-0.15, -0.1) is 0 Å². The van der Waals surface area contributed by atoms with E-state index in [-0.39, 0.29) is 55.4 Å². The molecule has 0 spiro atoms. The van der Waals surface area contributed by atoms with E-state index in [1.165, 1.54) is 0 Å². The first-order chi connectivity index (χ1) is 24.8. The largest absolute Gasteiger partial charge is 0.460 e. The van der Waals surface area contributed by atoms with Gasteiger partial charge in [0, 0.05) is 12.6 Å². The summed E-state index contributed by atoms with van der Waals surface area (Å²) in [5.74, 6) is -0.577. The summed E-state index contributed by atoms with van der Waals surface area (Å²) >= 11 is 0. The Labute approximate surface area is 309 Å². The van der Waals surface area contributed by atoms with Gasteiger partial charge in [0.2, 0.25) is 5.91 Å². The van der Waals surface area contributed by atoms with Crippen LogP contribution >= 0.6 is 0 Å². The average molecular weight is 739 g/mol. The third-order valence-corrected chi connectivity index (χ3v) is 13.6. The minimum Gasteiger partial charge on any atom is -0.460 e. The second kappa shape index (κ2) is 17.6. The molecule has 5 atom stereocenters. The molecule has 0 saturated heterocycles. The van der Waals surface area contributed by atoms with Crippen molar-refractivity contribution in [3.05, 3.63) is 71.8 Å². The van der Waals surface area contributed by atoms with Crippen molar-refractivity contribution >= 4 is 28.2 Å². The number of fused-ring (bicyclic) bond motifs is 2. The summed E-state index contributed by atoms with van der Waals surface area (Å²) in [6.07, 6.45) is 8.35. The molecule has 2 amide bonds. The quantitative estimate of drug-likeness (QED) is 0.126. The predicted octanol–water partition coefficient (Wildman–Crippen LogP) is 6.37. The van der Waals surface area contributed by atoms with E-state index < -0.39 is 40.3 Å². The Morgan fingerprint density at radius 1 is 0.865 bits per heavy atom. The van der Waals surface area contributed by atoms with Crippen molar-refractivity contribution in [2.45, 2.75) is 129 Å². The normalized spacial score (nSPS) is 23.9. The molecular weight excluding hydrogens is 681 g/mol. The van der Waals surface area contributed by atoms with Crippen LogP contribution in [-0.2, 0) is 42.5 Å². The summed E-state index contributed by atoms with van der Waals surface area (Å²) in [6, 6.07) is 15.9. The Balaban J connectivity index is 1.34. The Kier molecular flexibility index (Phi) is 13.4. The molecule has 12 heteroatoms. The van der Waals surface area contributed by atoms with E-state index in [0.717, 1.165) is 66.8 Å². The number of alkyl carbamates (subject to hydrolysis) is 1. The number of hydrogen-bond donors (Lipinski definition) is 3. The lowest BCUT2D eigenvalue weighted by atomic mass is 9.69. The number of amides is 2. The molecule has 3 aliphatic rings. The standard InChI is InChI=1S/C40H58N4O7S/c1-39(2)32-22-23-40(39,3)35(26-32)43-36(45)34(25-29-15-7-4-8-16-29)44(52(41,48)49)33(37(46)50-27-30-17-9-5-10-18-30)21-13-14-24-42-38(47)51-28-31-19-11-6-12-20-31/h5-6,9-12,17-20,29,32-35H,4,7-8,13-16,21-28H2,1-3H3,(H,42,47)(H,43,45)(H2,41,48,49)/t32-,33+,34+,35+,40+/m1/s1. The molecular formula is C40H58N4O7S. The average Bonchev–Trinajstić information content (AvgIpc) is 3.46. The Morgan fingerprint density at radius 3 is 2.04 bits per heavy atom. The van der Waals surface area contributed by atoms with Gasteiger partial charge in [0.15, 0.2) is 0 Å². The summed E-state index contributed by atoms with van der Waals surface area (Å²) in [5, 5.41) is 12.0. The van der Waals surface area contributed by atoms with Gasteiger partial charge in [-0.1, -0.05) is 114 Å². The van der Waals surface area contributed by atoms with Gasteiger partial charge in [-0.2, -0.15) is 12.7 Å². The molecule has 0 unspecified atom stereocenters. The van der Waals surface area contributed by atoms with Crippen LogP contribution in [0.3, 0.4) is 0 Å². The zero-order valence-corrected chi connectivity index (χ0v) is 31.9. The van der Waals surface area contributed by atoms with Gasteiger partial charge in [-0.25, -0.2) is 9.93 Å². The molecule has 2 aromatic carbocycles. The molecule has 52 heavy (non-hydrogen) atoms. The number of rotatable bonds is 17. The maximum absolute atomic E-state index is 14.5. The fourth-order valence-corrected chi connectivity index (χ4v) is 10.0. The lowest BCUT2D eigenvalue weighted by Crippen LogP contribution is -2.60. The number of nitrogens with two attached hydrogens (primary N) is 1. The van der Waals surface area contributed by atoms with Gasteiger partial charge in [-0.3, -0.25) is 9.59 Å². The molecule has 0 heterocycles. The maximum Gasteiger partial charge on any atom is 0.407 e. The van der Waals surface area contributed by atoms with Crippen LogP contribution in [0.25, 0.3) is 0 Å². The van der Waals surface area contributed by atoms with Crippen LogP contribution in [0.1, 0.15) is 109 Å². The van der Waals surface area contributed by atoms with Crippen molar-refractivity contribution in [3.8, 4) is 0 Å². The third kappa shape index (κ3) is 9.73. The number of nitrogens with zero attached hydrogens (tertiary/aromatic N) is 1. The number of carbonyl (C=O) groups excluding carboxylic acids is 3. The second-order valence-electron chi connectivity index (χ2n) is 15.9. The van der Waals surface area contributed by atoms with Crippen molar-refractivity contribution in [1.29, 1.82) is 0 Å². The number of unbranched alkanes of at least 4 members (excludes halogenated alkanes) is 1. The van der Waals surface area contributed by atoms with Crippen molar-refractivity contribution in [2.24, 2.45) is 27.8 Å². The summed E-state index contributed by atoms with van der Waals surface area (Å²) < 4.78 is 39.4. The van der Waals surface area contributed by atoms with Gasteiger partial charge in [0.05, 0.1) is 0 Å². The number of carbonyl (C=O) groups is 3. The van der Waals surface area contributed by atoms with E-state index in [1.807, 2.05) is 60.7 Å². The molecule has 11 nitrogen and oxygen atoms in total. The van der Waals surface area contributed by atoms with Crippen molar-refractivity contribution in [3.63, 3.8) is 0 Å². The first kappa shape index (κ1) is 39.7. The second-order valence-corrected chi connectivity index (χ2v) is 17.3. The van der Waals surface area contributed by atoms with Gasteiger partial charge in [0.1, 0.15) is 25.3 Å². The summed E-state index contributed by atoms with van der Waals surface area (Å²) in [5.41, 5.74) is 1.52. The minimum absolute atomic E-state index is 0.0369. The molecule has 2 bridgehead atoms. The van der Waals surface area contributed by atoms with Gasteiger partial charge < -0.3 is 20.1 Å². The number of esters is 1.